The molecule has 3 aliphatic rings. The fourth-order valence-corrected chi connectivity index (χ4v) is 10.4. The fraction of sp³-hybridized carbons (Fsp3) is 0.750. The maximum atomic E-state index is 6.59. The van der Waals surface area contributed by atoms with Gasteiger partial charge >= 0.3 is 0 Å². The van der Waals surface area contributed by atoms with Gasteiger partial charge in [-0.05, 0) is 62.6 Å². The van der Waals surface area contributed by atoms with Gasteiger partial charge in [-0.3, -0.25) is 4.90 Å². The Balaban J connectivity index is 1.51. The van der Waals surface area contributed by atoms with Crippen LogP contribution in [0.3, 0.4) is 0 Å². The van der Waals surface area contributed by atoms with Gasteiger partial charge in [-0.25, -0.2) is 0 Å². The summed E-state index contributed by atoms with van der Waals surface area (Å²) in [5, 5.41) is 0.373. The lowest BCUT2D eigenvalue weighted by Crippen LogP contribution is -2.65. The summed E-state index contributed by atoms with van der Waals surface area (Å²) in [6, 6.07) is 11.2. The topological polar surface area (TPSA) is 21.7 Å². The van der Waals surface area contributed by atoms with E-state index < -0.39 is 8.07 Å². The summed E-state index contributed by atoms with van der Waals surface area (Å²) in [5.74, 6) is 0. The van der Waals surface area contributed by atoms with E-state index in [0.717, 1.165) is 6.04 Å². The van der Waals surface area contributed by atoms with E-state index in [1.807, 2.05) is 0 Å². The summed E-state index contributed by atoms with van der Waals surface area (Å²) in [6.07, 6.45) is 8.39. The molecule has 156 valence electrons. The van der Waals surface area contributed by atoms with Crippen molar-refractivity contribution in [1.82, 2.24) is 4.90 Å². The van der Waals surface area contributed by atoms with Crippen molar-refractivity contribution in [2.45, 2.75) is 88.9 Å². The molecule has 1 aliphatic carbocycles. The quantitative estimate of drug-likeness (QED) is 0.333. The van der Waals surface area contributed by atoms with Crippen LogP contribution in [0.4, 0.5) is 0 Å². The normalized spacial score (nSPS) is 35.7. The molecule has 2 heterocycles. The minimum absolute atomic E-state index is 0.364. The van der Waals surface area contributed by atoms with E-state index >= 15 is 0 Å². The minimum Gasteiger partial charge on any atom is -0.352 e. The molecule has 28 heavy (non-hydrogen) atoms. The third-order valence-electron chi connectivity index (χ3n) is 8.41. The van der Waals surface area contributed by atoms with Crippen molar-refractivity contribution in [3.63, 3.8) is 0 Å². The largest absolute Gasteiger partial charge is 0.352 e. The first-order chi connectivity index (χ1) is 13.4. The van der Waals surface area contributed by atoms with E-state index in [-0.39, 0.29) is 0 Å². The van der Waals surface area contributed by atoms with E-state index in [2.05, 4.69) is 61.8 Å². The average Bonchev–Trinajstić information content (AvgIpc) is 3.11. The number of hydrogen-bond acceptors (Lipinski definition) is 3. The van der Waals surface area contributed by atoms with E-state index in [9.17, 15) is 0 Å². The zero-order valence-electron chi connectivity index (χ0n) is 18.4. The monoisotopic (exact) mass is 401 g/mol. The highest BCUT2D eigenvalue weighted by molar-refractivity contribution is 6.79. The van der Waals surface area contributed by atoms with Crippen LogP contribution in [0.2, 0.25) is 24.7 Å². The van der Waals surface area contributed by atoms with Gasteiger partial charge in [0.2, 0.25) is 0 Å². The van der Waals surface area contributed by atoms with Gasteiger partial charge in [0.15, 0.2) is 0 Å². The predicted octanol–water partition coefficient (Wildman–Crippen LogP) is 5.68. The van der Waals surface area contributed by atoms with Gasteiger partial charge in [0.1, 0.15) is 6.79 Å². The van der Waals surface area contributed by atoms with Crippen LogP contribution in [0.15, 0.2) is 30.3 Å². The van der Waals surface area contributed by atoms with Crippen LogP contribution < -0.4 is 0 Å². The van der Waals surface area contributed by atoms with E-state index in [1.54, 1.807) is 0 Å². The molecule has 4 atom stereocenters. The minimum atomic E-state index is -1.45. The smallest absolute Gasteiger partial charge is 0.147 e. The summed E-state index contributed by atoms with van der Waals surface area (Å²) in [6.45, 7) is 13.9. The number of benzene rings is 1. The zero-order valence-corrected chi connectivity index (χ0v) is 19.4. The summed E-state index contributed by atoms with van der Waals surface area (Å²) < 4.78 is 12.5. The van der Waals surface area contributed by atoms with Crippen molar-refractivity contribution < 1.29 is 9.47 Å². The summed E-state index contributed by atoms with van der Waals surface area (Å²) >= 11 is 0. The Morgan fingerprint density at radius 3 is 2.57 bits per heavy atom. The Labute approximate surface area is 172 Å². The van der Waals surface area contributed by atoms with Gasteiger partial charge in [-0.1, -0.05) is 56.9 Å². The Bertz CT molecular complexity index is 660. The van der Waals surface area contributed by atoms with Gasteiger partial charge in [0, 0.05) is 11.1 Å². The Morgan fingerprint density at radius 1 is 1.07 bits per heavy atom. The molecule has 0 radical (unpaired) electrons. The van der Waals surface area contributed by atoms with E-state index in [0.29, 0.717) is 30.0 Å². The van der Waals surface area contributed by atoms with E-state index in [1.165, 1.54) is 57.2 Å². The highest BCUT2D eigenvalue weighted by Gasteiger charge is 2.67. The van der Waals surface area contributed by atoms with Crippen LogP contribution >= 0.6 is 0 Å². The first-order valence-electron chi connectivity index (χ1n) is 11.4. The summed E-state index contributed by atoms with van der Waals surface area (Å²) in [5.41, 5.74) is 1.75. The molecular formula is C24H39NO2Si. The lowest BCUT2D eigenvalue weighted by atomic mass is 9.59. The third-order valence-corrected chi connectivity index (χ3v) is 12.0. The third kappa shape index (κ3) is 3.30. The second-order valence-electron chi connectivity index (χ2n) is 10.4. The van der Waals surface area contributed by atoms with Crippen molar-refractivity contribution >= 4 is 8.07 Å². The first-order valence-corrected chi connectivity index (χ1v) is 14.9. The molecule has 0 N–H and O–H groups in total. The molecule has 0 amide bonds. The van der Waals surface area contributed by atoms with Gasteiger partial charge in [0.05, 0.1) is 20.8 Å². The van der Waals surface area contributed by atoms with E-state index in [4.69, 9.17) is 9.47 Å². The molecule has 1 aromatic rings. The van der Waals surface area contributed by atoms with Crippen molar-refractivity contribution in [1.29, 1.82) is 0 Å². The highest BCUT2D eigenvalue weighted by Crippen LogP contribution is 2.67. The Kier molecular flexibility index (Phi) is 5.78. The number of rotatable bonds is 7. The van der Waals surface area contributed by atoms with Crippen LogP contribution in [-0.4, -0.2) is 45.0 Å². The predicted molar refractivity (Wildman–Crippen MR) is 118 cm³/mol. The number of nitrogens with zero attached hydrogens (tertiary/aromatic N) is 1. The van der Waals surface area contributed by atoms with Gasteiger partial charge < -0.3 is 9.47 Å². The maximum absolute atomic E-state index is 6.59. The Morgan fingerprint density at radius 2 is 1.86 bits per heavy atom. The van der Waals surface area contributed by atoms with Crippen LogP contribution in [0.5, 0.6) is 0 Å². The molecule has 3 nitrogen and oxygen atoms in total. The number of piperidine rings is 1. The SMILES string of the molecule is CC[C@]12CCCN3CC[C@]([Si](C)(C)C)([C@H]31)[C@H](OCOCc1ccccc1)CC2. The molecule has 2 saturated heterocycles. The molecule has 2 aliphatic heterocycles. The van der Waals surface area contributed by atoms with Crippen molar-refractivity contribution in [3.8, 4) is 0 Å². The second kappa shape index (κ2) is 7.86. The maximum Gasteiger partial charge on any atom is 0.147 e. The van der Waals surface area contributed by atoms with Crippen LogP contribution in [-0.2, 0) is 16.1 Å². The standard InChI is InChI=1S/C24H39NO2Si/c1-5-23-13-9-16-25-17-15-24(22(23)25,28(2,3)4)21(12-14-23)27-19-26-18-20-10-7-6-8-11-20/h6-8,10-11,21-22H,5,9,12-19H2,1-4H3/t21-,22-,23-,24-/m1/s1. The molecule has 3 fully saturated rings. The summed E-state index contributed by atoms with van der Waals surface area (Å²) in [4.78, 5) is 2.87. The summed E-state index contributed by atoms with van der Waals surface area (Å²) in [7, 11) is -1.45. The first kappa shape index (κ1) is 20.6. The molecule has 0 aromatic heterocycles. The van der Waals surface area contributed by atoms with Gasteiger partial charge in [0.25, 0.3) is 0 Å². The molecule has 4 rings (SSSR count). The van der Waals surface area contributed by atoms with Gasteiger partial charge in [-0.2, -0.15) is 0 Å². The zero-order chi connectivity index (χ0) is 19.8. The Hall–Kier alpha value is -0.683. The molecule has 0 unspecified atom stereocenters. The molecular weight excluding hydrogens is 362 g/mol. The number of hydrogen-bond donors (Lipinski definition) is 0. The number of ether oxygens (including phenoxy) is 2. The van der Waals surface area contributed by atoms with Crippen LogP contribution in [0.25, 0.3) is 0 Å². The lowest BCUT2D eigenvalue weighted by molar-refractivity contribution is -0.146. The fourth-order valence-electron chi connectivity index (χ4n) is 7.05. The van der Waals surface area contributed by atoms with Crippen LogP contribution in [0.1, 0.15) is 51.0 Å². The molecule has 0 bridgehead atoms. The molecule has 4 heteroatoms. The average molecular weight is 402 g/mol. The van der Waals surface area contributed by atoms with Crippen molar-refractivity contribution in [2.24, 2.45) is 5.41 Å². The van der Waals surface area contributed by atoms with Crippen molar-refractivity contribution in [2.75, 3.05) is 19.9 Å². The highest BCUT2D eigenvalue weighted by atomic mass is 28.3. The second-order valence-corrected chi connectivity index (χ2v) is 15.9. The lowest BCUT2D eigenvalue weighted by Gasteiger charge is -2.63. The van der Waals surface area contributed by atoms with Crippen LogP contribution in [0, 0.1) is 5.41 Å². The molecule has 0 spiro atoms. The van der Waals surface area contributed by atoms with Gasteiger partial charge in [-0.15, -0.1) is 0 Å². The van der Waals surface area contributed by atoms with Crippen molar-refractivity contribution in [3.05, 3.63) is 35.9 Å². The molecule has 1 aromatic carbocycles. The molecule has 1 saturated carbocycles.